The van der Waals surface area contributed by atoms with Crippen LogP contribution in [0.3, 0.4) is 0 Å². The summed E-state index contributed by atoms with van der Waals surface area (Å²) in [5.74, 6) is 0. The molecule has 2 atom stereocenters. The molecule has 2 unspecified atom stereocenters. The minimum atomic E-state index is -0.138. The topological polar surface area (TPSA) is 47.0 Å². The number of hydrogen-bond donors (Lipinski definition) is 1. The summed E-state index contributed by atoms with van der Waals surface area (Å²) in [5.41, 5.74) is 1.10. The maximum atomic E-state index is 5.56. The summed E-state index contributed by atoms with van der Waals surface area (Å²) in [6.45, 7) is 5.10. The number of nitrogens with zero attached hydrogens (tertiary/aromatic N) is 2. The molecule has 0 bridgehead atoms. The molecule has 0 saturated heterocycles. The van der Waals surface area contributed by atoms with Gasteiger partial charge in [0.05, 0.1) is 6.04 Å². The standard InChI is InChI=1S/C14H19N3OS/c1-4-15-10(2)13-16-17-14(19-13)12(18-3)11-8-6-5-7-9-11/h5-10,12,15H,4H2,1-3H3. The van der Waals surface area contributed by atoms with Gasteiger partial charge in [0.1, 0.15) is 11.1 Å². The van der Waals surface area contributed by atoms with Crippen LogP contribution in [0, 0.1) is 0 Å². The molecule has 0 aliphatic heterocycles. The highest BCUT2D eigenvalue weighted by Crippen LogP contribution is 2.29. The molecule has 0 fully saturated rings. The molecule has 0 spiro atoms. The Labute approximate surface area is 117 Å². The quantitative estimate of drug-likeness (QED) is 0.882. The first-order valence-corrected chi connectivity index (χ1v) is 7.22. The van der Waals surface area contributed by atoms with Crippen LogP contribution in [0.2, 0.25) is 0 Å². The van der Waals surface area contributed by atoms with Crippen molar-refractivity contribution in [2.24, 2.45) is 0 Å². The van der Waals surface area contributed by atoms with E-state index < -0.39 is 0 Å². The molecule has 19 heavy (non-hydrogen) atoms. The predicted octanol–water partition coefficient (Wildman–Crippen LogP) is 2.94. The molecule has 102 valence electrons. The average molecular weight is 277 g/mol. The van der Waals surface area contributed by atoms with Crippen LogP contribution in [0.1, 0.15) is 41.6 Å². The monoisotopic (exact) mass is 277 g/mol. The summed E-state index contributed by atoms with van der Waals surface area (Å²) in [4.78, 5) is 0. The van der Waals surface area contributed by atoms with E-state index in [1.54, 1.807) is 18.4 Å². The molecule has 2 aromatic rings. The van der Waals surface area contributed by atoms with Gasteiger partial charge in [-0.1, -0.05) is 48.6 Å². The maximum absolute atomic E-state index is 5.56. The van der Waals surface area contributed by atoms with Crippen molar-refractivity contribution in [3.05, 3.63) is 45.9 Å². The summed E-state index contributed by atoms with van der Waals surface area (Å²) >= 11 is 1.60. The fourth-order valence-electron chi connectivity index (χ4n) is 1.93. The van der Waals surface area contributed by atoms with E-state index in [9.17, 15) is 0 Å². The summed E-state index contributed by atoms with van der Waals surface area (Å²) in [7, 11) is 1.70. The Morgan fingerprint density at radius 3 is 2.53 bits per heavy atom. The van der Waals surface area contributed by atoms with Crippen LogP contribution >= 0.6 is 11.3 Å². The second-order valence-electron chi connectivity index (χ2n) is 4.28. The Morgan fingerprint density at radius 2 is 1.89 bits per heavy atom. The van der Waals surface area contributed by atoms with Crippen LogP contribution in [-0.2, 0) is 4.74 Å². The van der Waals surface area contributed by atoms with E-state index in [-0.39, 0.29) is 12.1 Å². The molecule has 0 saturated carbocycles. The van der Waals surface area contributed by atoms with Gasteiger partial charge in [-0.15, -0.1) is 10.2 Å². The zero-order valence-electron chi connectivity index (χ0n) is 11.5. The number of rotatable bonds is 6. The van der Waals surface area contributed by atoms with Crippen molar-refractivity contribution < 1.29 is 4.74 Å². The average Bonchev–Trinajstić information content (AvgIpc) is 2.91. The Hall–Kier alpha value is -1.30. The van der Waals surface area contributed by atoms with Crippen LogP contribution in [-0.4, -0.2) is 23.9 Å². The van der Waals surface area contributed by atoms with Gasteiger partial charge in [0.25, 0.3) is 0 Å². The zero-order chi connectivity index (χ0) is 13.7. The van der Waals surface area contributed by atoms with E-state index in [2.05, 4.69) is 29.4 Å². The highest BCUT2D eigenvalue weighted by molar-refractivity contribution is 7.11. The van der Waals surface area contributed by atoms with Gasteiger partial charge in [-0.25, -0.2) is 0 Å². The number of aromatic nitrogens is 2. The number of nitrogens with one attached hydrogen (secondary N) is 1. The van der Waals surface area contributed by atoms with Crippen molar-refractivity contribution in [1.82, 2.24) is 15.5 Å². The van der Waals surface area contributed by atoms with Crippen molar-refractivity contribution >= 4 is 11.3 Å². The summed E-state index contributed by atoms with van der Waals surface area (Å²) in [6.07, 6.45) is -0.138. The molecular formula is C14H19N3OS. The van der Waals surface area contributed by atoms with E-state index >= 15 is 0 Å². The Morgan fingerprint density at radius 1 is 1.21 bits per heavy atom. The summed E-state index contributed by atoms with van der Waals surface area (Å²) in [6, 6.07) is 10.3. The van der Waals surface area contributed by atoms with Gasteiger partial charge in [-0.05, 0) is 19.0 Å². The highest BCUT2D eigenvalue weighted by atomic mass is 32.1. The molecule has 5 heteroatoms. The molecule has 4 nitrogen and oxygen atoms in total. The first-order valence-electron chi connectivity index (χ1n) is 6.40. The molecule has 0 amide bonds. The van der Waals surface area contributed by atoms with Crippen molar-refractivity contribution in [3.8, 4) is 0 Å². The number of benzene rings is 1. The van der Waals surface area contributed by atoms with Gasteiger partial charge >= 0.3 is 0 Å². The molecule has 1 heterocycles. The van der Waals surface area contributed by atoms with Gasteiger partial charge in [0, 0.05) is 7.11 Å². The van der Waals surface area contributed by atoms with Gasteiger partial charge in [-0.3, -0.25) is 0 Å². The number of hydrogen-bond acceptors (Lipinski definition) is 5. The van der Waals surface area contributed by atoms with Crippen LogP contribution in [0.4, 0.5) is 0 Å². The lowest BCUT2D eigenvalue weighted by atomic mass is 10.1. The lowest BCUT2D eigenvalue weighted by molar-refractivity contribution is 0.135. The molecule has 0 radical (unpaired) electrons. The van der Waals surface area contributed by atoms with E-state index in [4.69, 9.17) is 4.74 Å². The lowest BCUT2D eigenvalue weighted by Gasteiger charge is -2.12. The largest absolute Gasteiger partial charge is 0.369 e. The number of methoxy groups -OCH3 is 1. The Balaban J connectivity index is 2.21. The SMILES string of the molecule is CCNC(C)c1nnc(C(OC)c2ccccc2)s1. The van der Waals surface area contributed by atoms with Crippen LogP contribution < -0.4 is 5.32 Å². The van der Waals surface area contributed by atoms with E-state index in [1.165, 1.54) is 0 Å². The molecule has 1 aromatic carbocycles. The third kappa shape index (κ3) is 3.37. The van der Waals surface area contributed by atoms with E-state index in [0.717, 1.165) is 22.1 Å². The predicted molar refractivity (Wildman–Crippen MR) is 77.3 cm³/mol. The lowest BCUT2D eigenvalue weighted by Crippen LogP contribution is -2.17. The van der Waals surface area contributed by atoms with Crippen molar-refractivity contribution in [3.63, 3.8) is 0 Å². The van der Waals surface area contributed by atoms with E-state index in [1.807, 2.05) is 30.3 Å². The van der Waals surface area contributed by atoms with Crippen molar-refractivity contribution in [1.29, 1.82) is 0 Å². The van der Waals surface area contributed by atoms with Crippen molar-refractivity contribution in [2.45, 2.75) is 26.0 Å². The minimum Gasteiger partial charge on any atom is -0.369 e. The molecule has 0 aliphatic carbocycles. The van der Waals surface area contributed by atoms with E-state index in [0.29, 0.717) is 0 Å². The normalized spacial score (nSPS) is 14.3. The molecule has 1 N–H and O–H groups in total. The molecular weight excluding hydrogens is 258 g/mol. The van der Waals surface area contributed by atoms with Crippen LogP contribution in [0.25, 0.3) is 0 Å². The van der Waals surface area contributed by atoms with Gasteiger partial charge in [0.2, 0.25) is 0 Å². The zero-order valence-corrected chi connectivity index (χ0v) is 12.3. The highest BCUT2D eigenvalue weighted by Gasteiger charge is 2.19. The van der Waals surface area contributed by atoms with Crippen LogP contribution in [0.15, 0.2) is 30.3 Å². The van der Waals surface area contributed by atoms with Crippen molar-refractivity contribution in [2.75, 3.05) is 13.7 Å². The second-order valence-corrected chi connectivity index (χ2v) is 5.33. The van der Waals surface area contributed by atoms with Crippen LogP contribution in [0.5, 0.6) is 0 Å². The maximum Gasteiger partial charge on any atom is 0.151 e. The first-order chi connectivity index (χ1) is 9.26. The smallest absolute Gasteiger partial charge is 0.151 e. The fraction of sp³-hybridized carbons (Fsp3) is 0.429. The summed E-state index contributed by atoms with van der Waals surface area (Å²) in [5, 5.41) is 13.8. The third-order valence-corrected chi connectivity index (χ3v) is 4.05. The molecule has 0 aliphatic rings. The molecule has 2 rings (SSSR count). The Kier molecular flexibility index (Phi) is 5.01. The Bertz CT molecular complexity index is 500. The second kappa shape index (κ2) is 6.75. The summed E-state index contributed by atoms with van der Waals surface area (Å²) < 4.78 is 5.56. The van der Waals surface area contributed by atoms with Gasteiger partial charge < -0.3 is 10.1 Å². The number of ether oxygens (including phenoxy) is 1. The fourth-order valence-corrected chi connectivity index (χ4v) is 2.91. The third-order valence-electron chi connectivity index (χ3n) is 2.90. The minimum absolute atomic E-state index is 0.138. The first kappa shape index (κ1) is 14.1. The van der Waals surface area contributed by atoms with Gasteiger partial charge in [0.15, 0.2) is 5.01 Å². The molecule has 1 aromatic heterocycles. The van der Waals surface area contributed by atoms with Gasteiger partial charge in [-0.2, -0.15) is 0 Å².